The van der Waals surface area contributed by atoms with Crippen LogP contribution in [0.4, 0.5) is 0 Å². The highest BCUT2D eigenvalue weighted by Crippen LogP contribution is 2.48. The third-order valence-electron chi connectivity index (χ3n) is 3.82. The molecule has 2 nitrogen and oxygen atoms in total. The van der Waals surface area contributed by atoms with Gasteiger partial charge in [-0.15, -0.1) is 0 Å². The number of carboxylic acid groups (broad SMARTS) is 1. The molecular weight excluding hydrogens is 152 g/mol. The number of hydrogen-bond donors (Lipinski definition) is 1. The Morgan fingerprint density at radius 1 is 1.25 bits per heavy atom. The number of aliphatic carboxylic acids is 1. The van der Waals surface area contributed by atoms with Crippen molar-refractivity contribution in [3.63, 3.8) is 0 Å². The molecule has 0 aromatic heterocycles. The van der Waals surface area contributed by atoms with Crippen LogP contribution in [0.1, 0.15) is 32.6 Å². The van der Waals surface area contributed by atoms with Crippen LogP contribution in [-0.2, 0) is 4.79 Å². The highest BCUT2D eigenvalue weighted by atomic mass is 16.4. The van der Waals surface area contributed by atoms with Crippen molar-refractivity contribution < 1.29 is 9.90 Å². The van der Waals surface area contributed by atoms with Gasteiger partial charge in [-0.25, -0.2) is 0 Å². The Morgan fingerprint density at radius 2 is 2.00 bits per heavy atom. The monoisotopic (exact) mass is 168 g/mol. The zero-order valence-electron chi connectivity index (χ0n) is 7.49. The molecule has 2 bridgehead atoms. The number of carboxylic acids is 1. The van der Waals surface area contributed by atoms with Crippen LogP contribution in [0, 0.1) is 23.7 Å². The molecule has 4 atom stereocenters. The van der Waals surface area contributed by atoms with Crippen LogP contribution in [-0.4, -0.2) is 11.1 Å². The van der Waals surface area contributed by atoms with Gasteiger partial charge >= 0.3 is 5.97 Å². The molecule has 0 amide bonds. The van der Waals surface area contributed by atoms with Gasteiger partial charge in [-0.3, -0.25) is 4.79 Å². The average molecular weight is 168 g/mol. The average Bonchev–Trinajstić information content (AvgIpc) is 2.28. The van der Waals surface area contributed by atoms with E-state index in [0.29, 0.717) is 5.92 Å². The summed E-state index contributed by atoms with van der Waals surface area (Å²) in [6.45, 7) is 2.27. The Kier molecular flexibility index (Phi) is 1.85. The van der Waals surface area contributed by atoms with E-state index in [2.05, 4.69) is 6.92 Å². The molecule has 2 aliphatic carbocycles. The van der Waals surface area contributed by atoms with E-state index in [1.54, 1.807) is 0 Å². The quantitative estimate of drug-likeness (QED) is 0.651. The van der Waals surface area contributed by atoms with Crippen LogP contribution < -0.4 is 0 Å². The van der Waals surface area contributed by atoms with Crippen molar-refractivity contribution in [2.75, 3.05) is 0 Å². The van der Waals surface area contributed by atoms with E-state index < -0.39 is 5.97 Å². The van der Waals surface area contributed by atoms with Gasteiger partial charge in [0.25, 0.3) is 0 Å². The van der Waals surface area contributed by atoms with E-state index in [0.717, 1.165) is 31.1 Å². The van der Waals surface area contributed by atoms with E-state index in [1.807, 2.05) is 0 Å². The van der Waals surface area contributed by atoms with Crippen LogP contribution in [0.15, 0.2) is 0 Å². The van der Waals surface area contributed by atoms with Crippen LogP contribution in [0.2, 0.25) is 0 Å². The Balaban J connectivity index is 2.09. The van der Waals surface area contributed by atoms with Gasteiger partial charge in [0.05, 0.1) is 5.92 Å². The molecule has 12 heavy (non-hydrogen) atoms. The topological polar surface area (TPSA) is 37.3 Å². The Hall–Kier alpha value is -0.530. The molecule has 2 fully saturated rings. The van der Waals surface area contributed by atoms with E-state index in [-0.39, 0.29) is 5.92 Å². The first-order chi connectivity index (χ1) is 5.68. The van der Waals surface area contributed by atoms with E-state index in [1.165, 1.54) is 6.42 Å². The summed E-state index contributed by atoms with van der Waals surface area (Å²) in [5, 5.41) is 8.94. The maximum Gasteiger partial charge on any atom is 0.306 e. The lowest BCUT2D eigenvalue weighted by atomic mass is 9.80. The first-order valence-electron chi connectivity index (χ1n) is 4.91. The highest BCUT2D eigenvalue weighted by Gasteiger charge is 2.42. The van der Waals surface area contributed by atoms with Gasteiger partial charge in [-0.1, -0.05) is 6.92 Å². The molecule has 0 aliphatic heterocycles. The Bertz CT molecular complexity index is 198. The van der Waals surface area contributed by atoms with Crippen molar-refractivity contribution in [3.05, 3.63) is 0 Å². The molecule has 2 heteroatoms. The molecule has 0 heterocycles. The summed E-state index contributed by atoms with van der Waals surface area (Å²) in [5.74, 6) is 1.53. The molecule has 2 saturated carbocycles. The zero-order valence-corrected chi connectivity index (χ0v) is 7.49. The second-order valence-electron chi connectivity index (χ2n) is 4.49. The summed E-state index contributed by atoms with van der Waals surface area (Å²) >= 11 is 0. The summed E-state index contributed by atoms with van der Waals surface area (Å²) in [5.41, 5.74) is 0. The van der Waals surface area contributed by atoms with Crippen LogP contribution in [0.3, 0.4) is 0 Å². The van der Waals surface area contributed by atoms with Gasteiger partial charge in [0.1, 0.15) is 0 Å². The largest absolute Gasteiger partial charge is 0.481 e. The van der Waals surface area contributed by atoms with Crippen molar-refractivity contribution in [1.29, 1.82) is 0 Å². The standard InChI is InChI=1S/C10H16O2/c1-6-4-8-5-7(6)2-3-9(8)10(11)12/h6-9H,2-5H2,1H3,(H,11,12). The summed E-state index contributed by atoms with van der Waals surface area (Å²) in [7, 11) is 0. The third-order valence-corrected chi connectivity index (χ3v) is 3.82. The first-order valence-corrected chi connectivity index (χ1v) is 4.91. The van der Waals surface area contributed by atoms with Crippen molar-refractivity contribution in [3.8, 4) is 0 Å². The van der Waals surface area contributed by atoms with Gasteiger partial charge in [-0.2, -0.15) is 0 Å². The molecule has 0 aromatic rings. The lowest BCUT2D eigenvalue weighted by Crippen LogP contribution is -2.25. The maximum atomic E-state index is 10.8. The molecule has 0 aromatic carbocycles. The van der Waals surface area contributed by atoms with Gasteiger partial charge in [0.2, 0.25) is 0 Å². The highest BCUT2D eigenvalue weighted by molar-refractivity contribution is 5.70. The summed E-state index contributed by atoms with van der Waals surface area (Å²) in [6, 6.07) is 0. The number of fused-ring (bicyclic) bond motifs is 2. The zero-order chi connectivity index (χ0) is 8.72. The molecule has 68 valence electrons. The molecule has 4 unspecified atom stereocenters. The number of carbonyl (C=O) groups is 1. The van der Waals surface area contributed by atoms with E-state index >= 15 is 0 Å². The SMILES string of the molecule is CC1CC2CC1CCC2C(=O)O. The number of rotatable bonds is 1. The lowest BCUT2D eigenvalue weighted by Gasteiger charge is -2.25. The van der Waals surface area contributed by atoms with E-state index in [9.17, 15) is 4.79 Å². The fraction of sp³-hybridized carbons (Fsp3) is 0.900. The van der Waals surface area contributed by atoms with Gasteiger partial charge in [0.15, 0.2) is 0 Å². The summed E-state index contributed by atoms with van der Waals surface area (Å²) in [4.78, 5) is 10.8. The smallest absolute Gasteiger partial charge is 0.306 e. The van der Waals surface area contributed by atoms with Crippen molar-refractivity contribution >= 4 is 5.97 Å². The minimum Gasteiger partial charge on any atom is -0.481 e. The van der Waals surface area contributed by atoms with Crippen LogP contribution in [0.5, 0.6) is 0 Å². The predicted molar refractivity (Wildman–Crippen MR) is 45.7 cm³/mol. The van der Waals surface area contributed by atoms with Crippen LogP contribution >= 0.6 is 0 Å². The summed E-state index contributed by atoms with van der Waals surface area (Å²) < 4.78 is 0. The van der Waals surface area contributed by atoms with Crippen molar-refractivity contribution in [2.24, 2.45) is 23.7 Å². The fourth-order valence-corrected chi connectivity index (χ4v) is 3.07. The van der Waals surface area contributed by atoms with Gasteiger partial charge < -0.3 is 5.11 Å². The molecule has 0 saturated heterocycles. The molecule has 1 N–H and O–H groups in total. The lowest BCUT2D eigenvalue weighted by molar-refractivity contribution is -0.144. The molecule has 2 aliphatic rings. The normalized spacial score (nSPS) is 46.1. The van der Waals surface area contributed by atoms with Crippen LogP contribution in [0.25, 0.3) is 0 Å². The van der Waals surface area contributed by atoms with Crippen molar-refractivity contribution in [2.45, 2.75) is 32.6 Å². The second kappa shape index (κ2) is 2.75. The Morgan fingerprint density at radius 3 is 2.67 bits per heavy atom. The van der Waals surface area contributed by atoms with Gasteiger partial charge in [0, 0.05) is 0 Å². The minimum absolute atomic E-state index is 0.0220. The molecule has 0 spiro atoms. The van der Waals surface area contributed by atoms with Crippen molar-refractivity contribution in [1.82, 2.24) is 0 Å². The minimum atomic E-state index is -0.562. The van der Waals surface area contributed by atoms with E-state index in [4.69, 9.17) is 5.11 Å². The second-order valence-corrected chi connectivity index (χ2v) is 4.49. The van der Waals surface area contributed by atoms with Gasteiger partial charge in [-0.05, 0) is 43.4 Å². The Labute approximate surface area is 73.0 Å². The number of hydrogen-bond acceptors (Lipinski definition) is 1. The first kappa shape index (κ1) is 8.09. The molecule has 2 rings (SSSR count). The predicted octanol–water partition coefficient (Wildman–Crippen LogP) is 2.14. The maximum absolute atomic E-state index is 10.8. The molecule has 0 radical (unpaired) electrons. The fourth-order valence-electron chi connectivity index (χ4n) is 3.07. The third kappa shape index (κ3) is 1.13. The molecular formula is C10H16O2. The summed E-state index contributed by atoms with van der Waals surface area (Å²) in [6.07, 6.45) is 4.41.